The van der Waals surface area contributed by atoms with Gasteiger partial charge in [0.05, 0.1) is 5.54 Å². The van der Waals surface area contributed by atoms with Gasteiger partial charge in [-0.2, -0.15) is 0 Å². The number of aliphatic hydroxyl groups excluding tert-OH is 1. The predicted molar refractivity (Wildman–Crippen MR) is 66.6 cm³/mol. The molecule has 92 valence electrons. The van der Waals surface area contributed by atoms with Crippen molar-refractivity contribution in [2.45, 2.75) is 31.2 Å². The third-order valence-electron chi connectivity index (χ3n) is 3.05. The van der Waals surface area contributed by atoms with Crippen LogP contribution in [0, 0.1) is 0 Å². The topological polar surface area (TPSA) is 75.4 Å². The molecule has 1 aromatic carbocycles. The van der Waals surface area contributed by atoms with Crippen molar-refractivity contribution in [2.75, 3.05) is 11.9 Å². The number of hydrogen-bond acceptors (Lipinski definition) is 3. The standard InChI is InChI=1S/C13H18N2O2/c14-13(6-7-13)12(17)15-11-5-1-3-10(9-11)4-2-8-16/h1,3,5,9,16H,2,4,6-8,14H2,(H,15,17). The van der Waals surface area contributed by atoms with Gasteiger partial charge < -0.3 is 16.2 Å². The fourth-order valence-electron chi connectivity index (χ4n) is 1.71. The lowest BCUT2D eigenvalue weighted by atomic mass is 10.1. The molecule has 2 rings (SSSR count). The second-order valence-electron chi connectivity index (χ2n) is 4.64. The summed E-state index contributed by atoms with van der Waals surface area (Å²) in [6.45, 7) is 0.183. The predicted octanol–water partition coefficient (Wildman–Crippen LogP) is 1.04. The molecule has 17 heavy (non-hydrogen) atoms. The fourth-order valence-corrected chi connectivity index (χ4v) is 1.71. The van der Waals surface area contributed by atoms with Crippen molar-refractivity contribution in [3.63, 3.8) is 0 Å². The van der Waals surface area contributed by atoms with Gasteiger partial charge in [-0.3, -0.25) is 4.79 Å². The number of aryl methyl sites for hydroxylation is 1. The van der Waals surface area contributed by atoms with Gasteiger partial charge in [-0.05, 0) is 43.4 Å². The Morgan fingerprint density at radius 2 is 2.24 bits per heavy atom. The lowest BCUT2D eigenvalue weighted by Gasteiger charge is -2.11. The van der Waals surface area contributed by atoms with Crippen molar-refractivity contribution in [1.29, 1.82) is 0 Å². The number of benzene rings is 1. The van der Waals surface area contributed by atoms with E-state index in [-0.39, 0.29) is 12.5 Å². The molecule has 0 bridgehead atoms. The van der Waals surface area contributed by atoms with Gasteiger partial charge in [-0.25, -0.2) is 0 Å². The Kier molecular flexibility index (Phi) is 3.45. The summed E-state index contributed by atoms with van der Waals surface area (Å²) < 4.78 is 0. The minimum absolute atomic E-state index is 0.100. The smallest absolute Gasteiger partial charge is 0.244 e. The normalized spacial score (nSPS) is 16.6. The van der Waals surface area contributed by atoms with E-state index in [0.29, 0.717) is 0 Å². The Balaban J connectivity index is 1.98. The first-order valence-electron chi connectivity index (χ1n) is 5.94. The number of carbonyl (C=O) groups is 1. The second-order valence-corrected chi connectivity index (χ2v) is 4.64. The maximum Gasteiger partial charge on any atom is 0.244 e. The molecule has 0 atom stereocenters. The molecule has 0 spiro atoms. The molecule has 4 heteroatoms. The van der Waals surface area contributed by atoms with E-state index >= 15 is 0 Å². The zero-order valence-corrected chi connectivity index (χ0v) is 9.78. The second kappa shape index (κ2) is 4.85. The zero-order valence-electron chi connectivity index (χ0n) is 9.78. The lowest BCUT2D eigenvalue weighted by Crippen LogP contribution is -2.37. The third-order valence-corrected chi connectivity index (χ3v) is 3.05. The minimum atomic E-state index is -0.638. The van der Waals surface area contributed by atoms with E-state index in [9.17, 15) is 4.79 Å². The molecular weight excluding hydrogens is 216 g/mol. The Bertz CT molecular complexity index is 414. The van der Waals surface area contributed by atoms with E-state index in [0.717, 1.165) is 36.9 Å². The van der Waals surface area contributed by atoms with Crippen LogP contribution in [0.1, 0.15) is 24.8 Å². The molecule has 1 aliphatic rings. The Morgan fingerprint density at radius 3 is 2.88 bits per heavy atom. The molecule has 0 unspecified atom stereocenters. The summed E-state index contributed by atoms with van der Waals surface area (Å²) >= 11 is 0. The van der Waals surface area contributed by atoms with Gasteiger partial charge in [0.15, 0.2) is 0 Å². The van der Waals surface area contributed by atoms with Crippen LogP contribution in [0.15, 0.2) is 24.3 Å². The van der Waals surface area contributed by atoms with Crippen LogP contribution >= 0.6 is 0 Å². The Labute approximate surface area is 101 Å². The minimum Gasteiger partial charge on any atom is -0.396 e. The number of hydrogen-bond donors (Lipinski definition) is 3. The first kappa shape index (κ1) is 12.1. The summed E-state index contributed by atoms with van der Waals surface area (Å²) in [5.41, 5.74) is 7.06. The zero-order chi connectivity index (χ0) is 12.3. The first-order chi connectivity index (χ1) is 8.14. The van der Waals surface area contributed by atoms with Gasteiger partial charge in [0.25, 0.3) is 0 Å². The Morgan fingerprint density at radius 1 is 1.47 bits per heavy atom. The number of rotatable bonds is 5. The fraction of sp³-hybridized carbons (Fsp3) is 0.462. The number of nitrogens with two attached hydrogens (primary N) is 1. The van der Waals surface area contributed by atoms with E-state index in [1.54, 1.807) is 0 Å². The van der Waals surface area contributed by atoms with Crippen molar-refractivity contribution in [3.05, 3.63) is 29.8 Å². The molecule has 1 aromatic rings. The maximum absolute atomic E-state index is 11.7. The third kappa shape index (κ3) is 3.05. The molecule has 1 fully saturated rings. The van der Waals surface area contributed by atoms with Crippen LogP contribution < -0.4 is 11.1 Å². The van der Waals surface area contributed by atoms with Crippen LogP contribution in [0.4, 0.5) is 5.69 Å². The highest BCUT2D eigenvalue weighted by Crippen LogP contribution is 2.33. The van der Waals surface area contributed by atoms with Gasteiger partial charge in [0.2, 0.25) is 5.91 Å². The summed E-state index contributed by atoms with van der Waals surface area (Å²) in [5, 5.41) is 11.6. The van der Waals surface area contributed by atoms with Crippen molar-refractivity contribution in [3.8, 4) is 0 Å². The summed E-state index contributed by atoms with van der Waals surface area (Å²) in [5.74, 6) is -0.100. The molecule has 1 amide bonds. The van der Waals surface area contributed by atoms with Crippen LogP contribution in [-0.4, -0.2) is 23.2 Å². The molecule has 0 aliphatic heterocycles. The number of anilines is 1. The summed E-state index contributed by atoms with van der Waals surface area (Å²) in [6.07, 6.45) is 3.08. The summed E-state index contributed by atoms with van der Waals surface area (Å²) in [4.78, 5) is 11.7. The van der Waals surface area contributed by atoms with Crippen LogP contribution in [0.25, 0.3) is 0 Å². The average Bonchev–Trinajstić information content (AvgIpc) is 3.07. The first-order valence-corrected chi connectivity index (χ1v) is 5.94. The van der Waals surface area contributed by atoms with E-state index in [4.69, 9.17) is 10.8 Å². The van der Waals surface area contributed by atoms with Crippen LogP contribution in [0.5, 0.6) is 0 Å². The number of nitrogens with one attached hydrogen (secondary N) is 1. The summed E-state index contributed by atoms with van der Waals surface area (Å²) in [6, 6.07) is 7.67. The average molecular weight is 234 g/mol. The molecule has 4 N–H and O–H groups in total. The number of amides is 1. The van der Waals surface area contributed by atoms with Crippen molar-refractivity contribution in [1.82, 2.24) is 0 Å². The molecule has 0 saturated heterocycles. The molecule has 0 aromatic heterocycles. The lowest BCUT2D eigenvalue weighted by molar-refractivity contribution is -0.118. The molecule has 4 nitrogen and oxygen atoms in total. The Hall–Kier alpha value is -1.39. The highest BCUT2D eigenvalue weighted by molar-refractivity contribution is 6.00. The van der Waals surface area contributed by atoms with E-state index in [2.05, 4.69) is 5.32 Å². The van der Waals surface area contributed by atoms with E-state index in [1.165, 1.54) is 0 Å². The molecule has 1 aliphatic carbocycles. The molecule has 0 heterocycles. The van der Waals surface area contributed by atoms with Crippen LogP contribution in [-0.2, 0) is 11.2 Å². The molecule has 0 radical (unpaired) electrons. The number of aliphatic hydroxyl groups is 1. The number of carbonyl (C=O) groups excluding carboxylic acids is 1. The van der Waals surface area contributed by atoms with E-state index < -0.39 is 5.54 Å². The summed E-state index contributed by atoms with van der Waals surface area (Å²) in [7, 11) is 0. The van der Waals surface area contributed by atoms with Crippen molar-refractivity contribution in [2.24, 2.45) is 5.73 Å². The van der Waals surface area contributed by atoms with Crippen molar-refractivity contribution >= 4 is 11.6 Å². The van der Waals surface area contributed by atoms with Gasteiger partial charge >= 0.3 is 0 Å². The SMILES string of the molecule is NC1(C(=O)Nc2cccc(CCCO)c2)CC1. The van der Waals surface area contributed by atoms with Gasteiger partial charge in [-0.1, -0.05) is 12.1 Å². The largest absolute Gasteiger partial charge is 0.396 e. The highest BCUT2D eigenvalue weighted by atomic mass is 16.2. The van der Waals surface area contributed by atoms with Crippen LogP contribution in [0.3, 0.4) is 0 Å². The van der Waals surface area contributed by atoms with Gasteiger partial charge in [0, 0.05) is 12.3 Å². The highest BCUT2D eigenvalue weighted by Gasteiger charge is 2.45. The van der Waals surface area contributed by atoms with Crippen molar-refractivity contribution < 1.29 is 9.90 Å². The van der Waals surface area contributed by atoms with Gasteiger partial charge in [0.1, 0.15) is 0 Å². The monoisotopic (exact) mass is 234 g/mol. The molecule has 1 saturated carbocycles. The maximum atomic E-state index is 11.7. The quantitative estimate of drug-likeness (QED) is 0.712. The van der Waals surface area contributed by atoms with E-state index in [1.807, 2.05) is 24.3 Å². The van der Waals surface area contributed by atoms with Crippen LogP contribution in [0.2, 0.25) is 0 Å². The molecular formula is C13H18N2O2. The van der Waals surface area contributed by atoms with Gasteiger partial charge in [-0.15, -0.1) is 0 Å².